The van der Waals surface area contributed by atoms with Gasteiger partial charge in [0.2, 0.25) is 5.75 Å². The van der Waals surface area contributed by atoms with Crippen molar-refractivity contribution in [3.63, 3.8) is 0 Å². The van der Waals surface area contributed by atoms with E-state index in [-0.39, 0.29) is 5.91 Å². The highest BCUT2D eigenvalue weighted by Crippen LogP contribution is 2.38. The van der Waals surface area contributed by atoms with E-state index >= 15 is 0 Å². The van der Waals surface area contributed by atoms with Crippen molar-refractivity contribution < 1.29 is 23.4 Å². The van der Waals surface area contributed by atoms with Crippen molar-refractivity contribution in [3.8, 4) is 28.0 Å². The molecule has 0 unspecified atom stereocenters. The van der Waals surface area contributed by atoms with Crippen molar-refractivity contribution in [1.29, 1.82) is 0 Å². The zero-order valence-electron chi connectivity index (χ0n) is 15.5. The zero-order valence-corrected chi connectivity index (χ0v) is 16.3. The Morgan fingerprint density at radius 1 is 1.19 bits per heavy atom. The van der Waals surface area contributed by atoms with Gasteiger partial charge in [-0.3, -0.25) is 4.79 Å². The van der Waals surface area contributed by atoms with Gasteiger partial charge in [0.05, 0.1) is 27.6 Å². The zero-order chi connectivity index (χ0) is 19.4. The lowest BCUT2D eigenvalue weighted by atomic mass is 10.1. The quantitative estimate of drug-likeness (QED) is 0.665. The Labute approximate surface area is 160 Å². The number of amides is 1. The highest BCUT2D eigenvalue weighted by atomic mass is 32.1. The Kier molecular flexibility index (Phi) is 5.66. The van der Waals surface area contributed by atoms with Crippen molar-refractivity contribution in [1.82, 2.24) is 10.3 Å². The van der Waals surface area contributed by atoms with Gasteiger partial charge in [0, 0.05) is 11.4 Å². The van der Waals surface area contributed by atoms with Gasteiger partial charge in [-0.25, -0.2) is 4.98 Å². The fourth-order valence-electron chi connectivity index (χ4n) is 2.62. The molecule has 0 spiro atoms. The maximum atomic E-state index is 12.6. The summed E-state index contributed by atoms with van der Waals surface area (Å²) in [5.74, 6) is 1.97. The van der Waals surface area contributed by atoms with Crippen LogP contribution in [0.1, 0.15) is 20.9 Å². The van der Waals surface area contributed by atoms with Gasteiger partial charge in [-0.15, -0.1) is 11.3 Å². The topological polar surface area (TPSA) is 82.8 Å². The molecule has 0 atom stereocenters. The smallest absolute Gasteiger partial charge is 0.271 e. The second kappa shape index (κ2) is 8.13. The standard InChI is InChI=1S/C19H20N2O5S/c1-11-16(21-19(27-11)13-6-5-7-26-13)18(22)20-10-12-8-14(23-2)17(25-4)15(9-12)24-3/h5-9H,10H2,1-4H3,(H,20,22). The second-order valence-electron chi connectivity index (χ2n) is 5.62. The lowest BCUT2D eigenvalue weighted by molar-refractivity contribution is 0.0946. The third-order valence-electron chi connectivity index (χ3n) is 3.92. The average molecular weight is 388 g/mol. The van der Waals surface area contributed by atoms with E-state index in [4.69, 9.17) is 18.6 Å². The third-order valence-corrected chi connectivity index (χ3v) is 4.91. The summed E-state index contributed by atoms with van der Waals surface area (Å²) in [5, 5.41) is 3.55. The van der Waals surface area contributed by atoms with Gasteiger partial charge in [0.15, 0.2) is 22.3 Å². The molecular formula is C19H20N2O5S. The monoisotopic (exact) mass is 388 g/mol. The van der Waals surface area contributed by atoms with Crippen LogP contribution in [0.5, 0.6) is 17.2 Å². The van der Waals surface area contributed by atoms with Crippen LogP contribution in [-0.4, -0.2) is 32.2 Å². The van der Waals surface area contributed by atoms with Crippen LogP contribution in [0.2, 0.25) is 0 Å². The second-order valence-corrected chi connectivity index (χ2v) is 6.82. The van der Waals surface area contributed by atoms with Crippen LogP contribution >= 0.6 is 11.3 Å². The maximum absolute atomic E-state index is 12.6. The van der Waals surface area contributed by atoms with Gasteiger partial charge >= 0.3 is 0 Å². The predicted octanol–water partition coefficient (Wildman–Crippen LogP) is 3.67. The average Bonchev–Trinajstić information content (AvgIpc) is 3.34. The molecule has 1 N–H and O–H groups in total. The van der Waals surface area contributed by atoms with Gasteiger partial charge in [-0.1, -0.05) is 0 Å². The fraction of sp³-hybridized carbons (Fsp3) is 0.263. The number of nitrogens with one attached hydrogen (secondary N) is 1. The van der Waals surface area contributed by atoms with Crippen LogP contribution in [-0.2, 0) is 6.54 Å². The van der Waals surface area contributed by atoms with Crippen LogP contribution in [0.15, 0.2) is 34.9 Å². The van der Waals surface area contributed by atoms with E-state index in [1.807, 2.05) is 13.0 Å². The van der Waals surface area contributed by atoms with Gasteiger partial charge in [0.1, 0.15) is 5.69 Å². The Morgan fingerprint density at radius 2 is 1.89 bits per heavy atom. The number of aryl methyl sites for hydroxylation is 1. The molecule has 3 aromatic rings. The van der Waals surface area contributed by atoms with Gasteiger partial charge in [-0.2, -0.15) is 0 Å². The predicted molar refractivity (Wildman–Crippen MR) is 102 cm³/mol. The van der Waals surface area contributed by atoms with Crippen LogP contribution in [0, 0.1) is 6.92 Å². The normalized spacial score (nSPS) is 10.5. The molecule has 1 amide bonds. The third kappa shape index (κ3) is 3.90. The highest BCUT2D eigenvalue weighted by molar-refractivity contribution is 7.15. The lowest BCUT2D eigenvalue weighted by Gasteiger charge is -2.14. The Morgan fingerprint density at radius 3 is 2.44 bits per heavy atom. The minimum atomic E-state index is -0.254. The van der Waals surface area contributed by atoms with Gasteiger partial charge in [-0.05, 0) is 36.8 Å². The van der Waals surface area contributed by atoms with Crippen LogP contribution in [0.4, 0.5) is 0 Å². The van der Waals surface area contributed by atoms with Crippen molar-refractivity contribution >= 4 is 17.2 Å². The first-order valence-electron chi connectivity index (χ1n) is 8.15. The first kappa shape index (κ1) is 18.8. The molecule has 0 aliphatic heterocycles. The maximum Gasteiger partial charge on any atom is 0.271 e. The summed E-state index contributed by atoms with van der Waals surface area (Å²) in [6.45, 7) is 2.15. The molecule has 27 heavy (non-hydrogen) atoms. The molecule has 3 rings (SSSR count). The number of methoxy groups -OCH3 is 3. The molecule has 0 bridgehead atoms. The number of rotatable bonds is 7. The molecule has 2 aromatic heterocycles. The summed E-state index contributed by atoms with van der Waals surface area (Å²) >= 11 is 1.42. The molecule has 7 nitrogen and oxygen atoms in total. The number of furan rings is 1. The van der Waals surface area contributed by atoms with Crippen molar-refractivity contribution in [2.24, 2.45) is 0 Å². The summed E-state index contributed by atoms with van der Waals surface area (Å²) in [4.78, 5) is 17.8. The molecule has 8 heteroatoms. The molecule has 0 aliphatic carbocycles. The van der Waals surface area contributed by atoms with Crippen LogP contribution in [0.25, 0.3) is 10.8 Å². The molecule has 0 radical (unpaired) electrons. The number of aromatic nitrogens is 1. The molecule has 0 aliphatic rings. The number of nitrogens with zero attached hydrogens (tertiary/aromatic N) is 1. The van der Waals surface area contributed by atoms with E-state index in [1.165, 1.54) is 11.3 Å². The number of thiazole rings is 1. The number of hydrogen-bond donors (Lipinski definition) is 1. The lowest BCUT2D eigenvalue weighted by Crippen LogP contribution is -2.23. The van der Waals surface area contributed by atoms with E-state index in [0.29, 0.717) is 40.3 Å². The molecule has 2 heterocycles. The minimum Gasteiger partial charge on any atom is -0.493 e. The summed E-state index contributed by atoms with van der Waals surface area (Å²) in [6, 6.07) is 7.19. The number of hydrogen-bond acceptors (Lipinski definition) is 7. The summed E-state index contributed by atoms with van der Waals surface area (Å²) < 4.78 is 21.3. The van der Waals surface area contributed by atoms with Gasteiger partial charge in [0.25, 0.3) is 5.91 Å². The summed E-state index contributed by atoms with van der Waals surface area (Å²) in [5.41, 5.74) is 1.20. The van der Waals surface area contributed by atoms with E-state index in [2.05, 4.69) is 10.3 Å². The Hall–Kier alpha value is -3.00. The number of carbonyl (C=O) groups is 1. The SMILES string of the molecule is COc1cc(CNC(=O)c2nc(-c3ccco3)sc2C)cc(OC)c1OC. The van der Waals surface area contributed by atoms with E-state index < -0.39 is 0 Å². The van der Waals surface area contributed by atoms with Crippen molar-refractivity contribution in [2.45, 2.75) is 13.5 Å². The molecule has 1 aromatic carbocycles. The number of benzene rings is 1. The molecule has 0 saturated heterocycles. The van der Waals surface area contributed by atoms with Crippen molar-refractivity contribution in [3.05, 3.63) is 46.7 Å². The number of ether oxygens (including phenoxy) is 3. The molecular weight excluding hydrogens is 368 g/mol. The Balaban J connectivity index is 1.76. The van der Waals surface area contributed by atoms with E-state index in [9.17, 15) is 4.79 Å². The molecule has 0 saturated carbocycles. The van der Waals surface area contributed by atoms with E-state index in [1.54, 1.807) is 45.8 Å². The summed E-state index contributed by atoms with van der Waals surface area (Å²) in [6.07, 6.45) is 1.58. The number of carbonyl (C=O) groups excluding carboxylic acids is 1. The first-order chi connectivity index (χ1) is 13.1. The Bertz CT molecular complexity index is 909. The first-order valence-corrected chi connectivity index (χ1v) is 8.97. The largest absolute Gasteiger partial charge is 0.493 e. The fourth-order valence-corrected chi connectivity index (χ4v) is 3.49. The van der Waals surface area contributed by atoms with E-state index in [0.717, 1.165) is 10.4 Å². The minimum absolute atomic E-state index is 0.254. The summed E-state index contributed by atoms with van der Waals surface area (Å²) in [7, 11) is 4.65. The van der Waals surface area contributed by atoms with Crippen molar-refractivity contribution in [2.75, 3.05) is 21.3 Å². The van der Waals surface area contributed by atoms with Crippen LogP contribution in [0.3, 0.4) is 0 Å². The van der Waals surface area contributed by atoms with Gasteiger partial charge < -0.3 is 23.9 Å². The van der Waals surface area contributed by atoms with Crippen LogP contribution < -0.4 is 19.5 Å². The molecule has 0 fully saturated rings. The molecule has 142 valence electrons. The highest BCUT2D eigenvalue weighted by Gasteiger charge is 2.18.